The Morgan fingerprint density at radius 1 is 1.50 bits per heavy atom. The molecule has 0 radical (unpaired) electrons. The van der Waals surface area contributed by atoms with E-state index in [1.165, 1.54) is 0 Å². The Kier molecular flexibility index (Phi) is 2.77. The van der Waals surface area contributed by atoms with E-state index in [2.05, 4.69) is 6.92 Å². The first-order valence-electron chi connectivity index (χ1n) is 5.68. The molecular weight excluding hydrogens is 178 g/mol. The van der Waals surface area contributed by atoms with Gasteiger partial charge in [0.2, 0.25) is 5.91 Å². The lowest BCUT2D eigenvalue weighted by atomic mass is 9.89. The zero-order valence-electron chi connectivity index (χ0n) is 8.78. The van der Waals surface area contributed by atoms with E-state index in [0.29, 0.717) is 18.4 Å². The van der Waals surface area contributed by atoms with E-state index in [0.717, 1.165) is 25.7 Å². The highest BCUT2D eigenvalue weighted by Gasteiger charge is 2.41. The second-order valence-corrected chi connectivity index (χ2v) is 4.58. The minimum Gasteiger partial charge on any atom is -0.394 e. The first kappa shape index (κ1) is 9.97. The average Bonchev–Trinajstić information content (AvgIpc) is 2.61. The number of carbonyl (C=O) groups is 1. The van der Waals surface area contributed by atoms with Gasteiger partial charge in [-0.25, -0.2) is 0 Å². The number of aliphatic hydroxyl groups excluding tert-OH is 1. The summed E-state index contributed by atoms with van der Waals surface area (Å²) >= 11 is 0. The quantitative estimate of drug-likeness (QED) is 0.721. The van der Waals surface area contributed by atoms with Gasteiger partial charge in [0.25, 0.3) is 0 Å². The van der Waals surface area contributed by atoms with Crippen LogP contribution in [0.4, 0.5) is 0 Å². The van der Waals surface area contributed by atoms with Crippen LogP contribution >= 0.6 is 0 Å². The zero-order valence-corrected chi connectivity index (χ0v) is 8.78. The molecule has 2 unspecified atom stereocenters. The number of amides is 1. The molecule has 2 heterocycles. The Balaban J connectivity index is 2.07. The maximum Gasteiger partial charge on any atom is 0.223 e. The summed E-state index contributed by atoms with van der Waals surface area (Å²) in [6, 6.07) is 0.545. The number of rotatable bonds is 2. The number of hydrogen-bond acceptors (Lipinski definition) is 2. The summed E-state index contributed by atoms with van der Waals surface area (Å²) in [7, 11) is 0. The zero-order chi connectivity index (χ0) is 10.1. The summed E-state index contributed by atoms with van der Waals surface area (Å²) in [6.07, 6.45) is 5.04. The SMILES string of the molecule is CCC1CC(=O)N2C(CC[C@H]2CO)C1. The number of hydrogen-bond donors (Lipinski definition) is 1. The van der Waals surface area contributed by atoms with Gasteiger partial charge in [0.15, 0.2) is 0 Å². The maximum absolute atomic E-state index is 11.8. The number of nitrogens with zero attached hydrogens (tertiary/aromatic N) is 1. The largest absolute Gasteiger partial charge is 0.394 e. The van der Waals surface area contributed by atoms with Crippen LogP contribution < -0.4 is 0 Å². The van der Waals surface area contributed by atoms with Crippen molar-refractivity contribution in [3.8, 4) is 0 Å². The topological polar surface area (TPSA) is 40.5 Å². The summed E-state index contributed by atoms with van der Waals surface area (Å²) < 4.78 is 0. The Hall–Kier alpha value is -0.570. The van der Waals surface area contributed by atoms with E-state index in [9.17, 15) is 4.79 Å². The van der Waals surface area contributed by atoms with E-state index < -0.39 is 0 Å². The molecule has 0 saturated carbocycles. The van der Waals surface area contributed by atoms with Gasteiger partial charge in [0, 0.05) is 12.5 Å². The Labute approximate surface area is 85.1 Å². The molecule has 2 fully saturated rings. The lowest BCUT2D eigenvalue weighted by Crippen LogP contribution is -2.47. The molecule has 0 aromatic carbocycles. The molecule has 1 amide bonds. The Bertz CT molecular complexity index is 229. The third kappa shape index (κ3) is 1.54. The minimum atomic E-state index is 0.116. The molecular formula is C11H19NO2. The summed E-state index contributed by atoms with van der Waals surface area (Å²) in [5.41, 5.74) is 0. The highest BCUT2D eigenvalue weighted by molar-refractivity contribution is 5.78. The van der Waals surface area contributed by atoms with Gasteiger partial charge < -0.3 is 10.0 Å². The standard InChI is InChI=1S/C11H19NO2/c1-2-8-5-9-3-4-10(7-13)12(9)11(14)6-8/h8-10,13H,2-7H2,1H3/t8?,9?,10-/m0/s1. The normalized spacial score (nSPS) is 37.4. The smallest absolute Gasteiger partial charge is 0.223 e. The van der Waals surface area contributed by atoms with E-state index in [1.807, 2.05) is 4.90 Å². The van der Waals surface area contributed by atoms with Gasteiger partial charge in [-0.2, -0.15) is 0 Å². The molecule has 1 N–H and O–H groups in total. The van der Waals surface area contributed by atoms with Crippen molar-refractivity contribution in [3.05, 3.63) is 0 Å². The Morgan fingerprint density at radius 2 is 2.29 bits per heavy atom. The van der Waals surface area contributed by atoms with Crippen molar-refractivity contribution in [1.29, 1.82) is 0 Å². The first-order valence-corrected chi connectivity index (χ1v) is 5.68. The van der Waals surface area contributed by atoms with Crippen molar-refractivity contribution in [3.63, 3.8) is 0 Å². The number of piperidine rings is 1. The minimum absolute atomic E-state index is 0.116. The van der Waals surface area contributed by atoms with Crippen LogP contribution in [0.3, 0.4) is 0 Å². The van der Waals surface area contributed by atoms with Crippen LogP contribution in [0.25, 0.3) is 0 Å². The van der Waals surface area contributed by atoms with Crippen LogP contribution in [0.1, 0.15) is 39.0 Å². The molecule has 0 aromatic heterocycles. The fourth-order valence-corrected chi connectivity index (χ4v) is 2.91. The highest BCUT2D eigenvalue weighted by atomic mass is 16.3. The van der Waals surface area contributed by atoms with Gasteiger partial charge >= 0.3 is 0 Å². The number of aliphatic hydroxyl groups is 1. The second-order valence-electron chi connectivity index (χ2n) is 4.58. The van der Waals surface area contributed by atoms with Gasteiger partial charge in [-0.15, -0.1) is 0 Å². The lowest BCUT2D eigenvalue weighted by Gasteiger charge is -2.37. The van der Waals surface area contributed by atoms with Gasteiger partial charge in [-0.05, 0) is 25.2 Å². The first-order chi connectivity index (χ1) is 6.76. The summed E-state index contributed by atoms with van der Waals surface area (Å²) in [5, 5.41) is 9.15. The molecule has 2 rings (SSSR count). The molecule has 3 atom stereocenters. The fraction of sp³-hybridized carbons (Fsp3) is 0.909. The van der Waals surface area contributed by atoms with Crippen LogP contribution in [0.2, 0.25) is 0 Å². The molecule has 2 aliphatic rings. The molecule has 80 valence electrons. The predicted octanol–water partition coefficient (Wildman–Crippen LogP) is 1.16. The van der Waals surface area contributed by atoms with Crippen molar-refractivity contribution in [2.45, 2.75) is 51.1 Å². The van der Waals surface area contributed by atoms with Gasteiger partial charge in [0.1, 0.15) is 0 Å². The van der Waals surface area contributed by atoms with Crippen LogP contribution in [0.5, 0.6) is 0 Å². The summed E-state index contributed by atoms with van der Waals surface area (Å²) in [4.78, 5) is 13.8. The van der Waals surface area contributed by atoms with Crippen molar-refractivity contribution >= 4 is 5.91 Å². The summed E-state index contributed by atoms with van der Waals surface area (Å²) in [5.74, 6) is 0.853. The van der Waals surface area contributed by atoms with Crippen LogP contribution in [-0.4, -0.2) is 34.6 Å². The average molecular weight is 197 g/mol. The summed E-state index contributed by atoms with van der Waals surface area (Å²) in [6.45, 7) is 2.30. The molecule has 14 heavy (non-hydrogen) atoms. The van der Waals surface area contributed by atoms with Crippen molar-refractivity contribution < 1.29 is 9.90 Å². The lowest BCUT2D eigenvalue weighted by molar-refractivity contribution is -0.139. The van der Waals surface area contributed by atoms with Crippen molar-refractivity contribution in [2.24, 2.45) is 5.92 Å². The monoisotopic (exact) mass is 197 g/mol. The molecule has 3 heteroatoms. The molecule has 3 nitrogen and oxygen atoms in total. The third-order valence-corrected chi connectivity index (χ3v) is 3.76. The Morgan fingerprint density at radius 3 is 2.93 bits per heavy atom. The second kappa shape index (κ2) is 3.89. The fourth-order valence-electron chi connectivity index (χ4n) is 2.91. The number of fused-ring (bicyclic) bond motifs is 1. The van der Waals surface area contributed by atoms with Gasteiger partial charge in [-0.3, -0.25) is 4.79 Å². The van der Waals surface area contributed by atoms with E-state index >= 15 is 0 Å². The third-order valence-electron chi connectivity index (χ3n) is 3.76. The van der Waals surface area contributed by atoms with Crippen LogP contribution in [0.15, 0.2) is 0 Å². The van der Waals surface area contributed by atoms with E-state index in [1.54, 1.807) is 0 Å². The highest BCUT2D eigenvalue weighted by Crippen LogP contribution is 2.35. The predicted molar refractivity (Wildman–Crippen MR) is 53.8 cm³/mol. The van der Waals surface area contributed by atoms with Gasteiger partial charge in [-0.1, -0.05) is 13.3 Å². The van der Waals surface area contributed by atoms with E-state index in [-0.39, 0.29) is 18.6 Å². The maximum atomic E-state index is 11.8. The number of carbonyl (C=O) groups excluding carboxylic acids is 1. The van der Waals surface area contributed by atoms with Crippen LogP contribution in [-0.2, 0) is 4.79 Å². The molecule has 0 aliphatic carbocycles. The molecule has 2 aliphatic heterocycles. The molecule has 0 spiro atoms. The molecule has 0 aromatic rings. The van der Waals surface area contributed by atoms with Gasteiger partial charge in [0.05, 0.1) is 12.6 Å². The van der Waals surface area contributed by atoms with Crippen molar-refractivity contribution in [1.82, 2.24) is 4.90 Å². The van der Waals surface area contributed by atoms with Crippen molar-refractivity contribution in [2.75, 3.05) is 6.61 Å². The van der Waals surface area contributed by atoms with E-state index in [4.69, 9.17) is 5.11 Å². The molecule has 2 saturated heterocycles. The molecule has 0 bridgehead atoms. The van der Waals surface area contributed by atoms with Crippen LogP contribution in [0, 0.1) is 5.92 Å².